The molecule has 92 valence electrons. The van der Waals surface area contributed by atoms with Gasteiger partial charge in [-0.2, -0.15) is 4.80 Å². The minimum absolute atomic E-state index is 0.478. The molecule has 0 fully saturated rings. The molecule has 0 saturated carbocycles. The predicted octanol–water partition coefficient (Wildman–Crippen LogP) is 0.0968. The van der Waals surface area contributed by atoms with Crippen LogP contribution in [-0.2, 0) is 13.6 Å². The van der Waals surface area contributed by atoms with E-state index in [4.69, 9.17) is 0 Å². The molecule has 1 unspecified atom stereocenters. The van der Waals surface area contributed by atoms with Crippen LogP contribution in [0.15, 0.2) is 0 Å². The van der Waals surface area contributed by atoms with Gasteiger partial charge in [-0.15, -0.1) is 10.2 Å². The van der Waals surface area contributed by atoms with Gasteiger partial charge in [-0.3, -0.25) is 0 Å². The second-order valence-electron chi connectivity index (χ2n) is 4.89. The second-order valence-corrected chi connectivity index (χ2v) is 4.89. The van der Waals surface area contributed by atoms with E-state index in [1.807, 2.05) is 6.92 Å². The molecule has 0 amide bonds. The van der Waals surface area contributed by atoms with Gasteiger partial charge in [0.1, 0.15) is 0 Å². The molecule has 0 aliphatic heterocycles. The normalized spacial score (nSPS) is 15.4. The number of rotatable bonds is 6. The Hall–Kier alpha value is -1.01. The van der Waals surface area contributed by atoms with E-state index in [1.165, 1.54) is 4.80 Å². The van der Waals surface area contributed by atoms with Crippen LogP contribution in [0.3, 0.4) is 0 Å². The topological polar surface area (TPSA) is 75.9 Å². The van der Waals surface area contributed by atoms with Crippen LogP contribution in [0.1, 0.15) is 33.0 Å². The zero-order chi connectivity index (χ0) is 12.2. The van der Waals surface area contributed by atoms with Gasteiger partial charge in [0.2, 0.25) is 0 Å². The highest BCUT2D eigenvalue weighted by atomic mass is 16.3. The van der Waals surface area contributed by atoms with Crippen LogP contribution in [0, 0.1) is 5.92 Å². The Kier molecular flexibility index (Phi) is 4.37. The van der Waals surface area contributed by atoms with E-state index in [-0.39, 0.29) is 0 Å². The van der Waals surface area contributed by atoms with E-state index in [2.05, 4.69) is 34.6 Å². The number of aliphatic hydroxyl groups is 1. The molecule has 6 heteroatoms. The molecule has 0 radical (unpaired) electrons. The summed E-state index contributed by atoms with van der Waals surface area (Å²) in [5.41, 5.74) is -0.684. The summed E-state index contributed by atoms with van der Waals surface area (Å²) in [4.78, 5) is 1.42. The first-order chi connectivity index (χ1) is 7.39. The maximum atomic E-state index is 10.0. The third-order valence-corrected chi connectivity index (χ3v) is 2.19. The summed E-state index contributed by atoms with van der Waals surface area (Å²) in [6.45, 7) is 7.09. The Bertz CT molecular complexity index is 321. The number of nitrogens with one attached hydrogen (secondary N) is 1. The van der Waals surface area contributed by atoms with Crippen LogP contribution in [0.25, 0.3) is 0 Å². The van der Waals surface area contributed by atoms with Crippen molar-refractivity contribution in [2.75, 3.05) is 6.54 Å². The van der Waals surface area contributed by atoms with E-state index in [1.54, 1.807) is 7.05 Å². The first-order valence-corrected chi connectivity index (χ1v) is 5.55. The molecule has 0 aliphatic carbocycles. The molecule has 1 atom stereocenters. The van der Waals surface area contributed by atoms with Crippen LogP contribution in [0.5, 0.6) is 0 Å². The minimum Gasteiger partial charge on any atom is -0.389 e. The third kappa shape index (κ3) is 4.67. The molecule has 0 spiro atoms. The molecule has 16 heavy (non-hydrogen) atoms. The number of tetrazole rings is 1. The average molecular weight is 227 g/mol. The molecule has 0 aromatic carbocycles. The Labute approximate surface area is 96.0 Å². The maximum Gasteiger partial charge on any atom is 0.188 e. The van der Waals surface area contributed by atoms with E-state index in [0.29, 0.717) is 24.8 Å². The fourth-order valence-electron chi connectivity index (χ4n) is 1.79. The molecule has 1 aromatic heterocycles. The third-order valence-electron chi connectivity index (χ3n) is 2.19. The number of aryl methyl sites for hydroxylation is 1. The van der Waals surface area contributed by atoms with E-state index < -0.39 is 5.60 Å². The predicted molar refractivity (Wildman–Crippen MR) is 60.6 cm³/mol. The molecule has 0 bridgehead atoms. The summed E-state index contributed by atoms with van der Waals surface area (Å²) in [7, 11) is 1.73. The van der Waals surface area contributed by atoms with Crippen molar-refractivity contribution >= 4 is 0 Å². The van der Waals surface area contributed by atoms with Gasteiger partial charge in [0.05, 0.1) is 19.2 Å². The molecule has 6 nitrogen and oxygen atoms in total. The van der Waals surface area contributed by atoms with Crippen molar-refractivity contribution in [3.8, 4) is 0 Å². The average Bonchev–Trinajstić information content (AvgIpc) is 2.48. The second kappa shape index (κ2) is 5.36. The Morgan fingerprint density at radius 2 is 2.19 bits per heavy atom. The summed E-state index contributed by atoms with van der Waals surface area (Å²) >= 11 is 0. The molecule has 2 N–H and O–H groups in total. The number of hydrogen-bond acceptors (Lipinski definition) is 5. The highest BCUT2D eigenvalue weighted by Gasteiger charge is 2.21. The lowest BCUT2D eigenvalue weighted by Gasteiger charge is -2.25. The maximum absolute atomic E-state index is 10.0. The number of hydrogen-bond donors (Lipinski definition) is 2. The smallest absolute Gasteiger partial charge is 0.188 e. The minimum atomic E-state index is -0.684. The van der Waals surface area contributed by atoms with Gasteiger partial charge in [-0.1, -0.05) is 13.8 Å². The highest BCUT2D eigenvalue weighted by molar-refractivity contribution is 4.80. The van der Waals surface area contributed by atoms with Gasteiger partial charge in [-0.25, -0.2) is 0 Å². The first-order valence-electron chi connectivity index (χ1n) is 5.55. The largest absolute Gasteiger partial charge is 0.389 e. The lowest BCUT2D eigenvalue weighted by Crippen LogP contribution is -2.38. The fraction of sp³-hybridized carbons (Fsp3) is 0.900. The molecule has 1 aromatic rings. The van der Waals surface area contributed by atoms with Crippen molar-refractivity contribution in [2.24, 2.45) is 13.0 Å². The summed E-state index contributed by atoms with van der Waals surface area (Å²) in [6, 6.07) is 0. The van der Waals surface area contributed by atoms with Crippen LogP contribution < -0.4 is 5.32 Å². The Morgan fingerprint density at radius 3 is 2.69 bits per heavy atom. The molecular formula is C10H21N5O. The Morgan fingerprint density at radius 1 is 1.50 bits per heavy atom. The summed E-state index contributed by atoms with van der Waals surface area (Å²) in [5, 5.41) is 24.8. The van der Waals surface area contributed by atoms with Gasteiger partial charge in [0.25, 0.3) is 0 Å². The monoisotopic (exact) mass is 227 g/mol. The van der Waals surface area contributed by atoms with Gasteiger partial charge in [0, 0.05) is 6.54 Å². The van der Waals surface area contributed by atoms with Crippen LogP contribution in [0.4, 0.5) is 0 Å². The van der Waals surface area contributed by atoms with Gasteiger partial charge in [0.15, 0.2) is 5.82 Å². The summed E-state index contributed by atoms with van der Waals surface area (Å²) in [6.07, 6.45) is 0.772. The van der Waals surface area contributed by atoms with Crippen molar-refractivity contribution in [3.63, 3.8) is 0 Å². The molecule has 1 rings (SSSR count). The molecular weight excluding hydrogens is 206 g/mol. The zero-order valence-electron chi connectivity index (χ0n) is 10.4. The van der Waals surface area contributed by atoms with Crippen molar-refractivity contribution in [1.29, 1.82) is 0 Å². The lowest BCUT2D eigenvalue weighted by molar-refractivity contribution is 0.0382. The summed E-state index contributed by atoms with van der Waals surface area (Å²) < 4.78 is 0. The number of aromatic nitrogens is 4. The molecule has 0 saturated heterocycles. The van der Waals surface area contributed by atoms with Crippen LogP contribution >= 0.6 is 0 Å². The van der Waals surface area contributed by atoms with Gasteiger partial charge >= 0.3 is 0 Å². The van der Waals surface area contributed by atoms with Crippen molar-refractivity contribution in [2.45, 2.75) is 39.3 Å². The first kappa shape index (κ1) is 13.1. The quantitative estimate of drug-likeness (QED) is 0.720. The highest BCUT2D eigenvalue weighted by Crippen LogP contribution is 2.14. The zero-order valence-corrected chi connectivity index (χ0v) is 10.4. The molecule has 0 aliphatic rings. The van der Waals surface area contributed by atoms with E-state index in [0.717, 1.165) is 6.42 Å². The Balaban J connectivity index is 2.29. The van der Waals surface area contributed by atoms with Crippen LogP contribution in [0.2, 0.25) is 0 Å². The van der Waals surface area contributed by atoms with E-state index >= 15 is 0 Å². The van der Waals surface area contributed by atoms with Crippen LogP contribution in [-0.4, -0.2) is 37.5 Å². The molecule has 1 heterocycles. The summed E-state index contributed by atoms with van der Waals surface area (Å²) in [5.74, 6) is 1.12. The fourth-order valence-corrected chi connectivity index (χ4v) is 1.79. The van der Waals surface area contributed by atoms with Crippen molar-refractivity contribution in [3.05, 3.63) is 5.82 Å². The SMILES string of the molecule is CC(C)CC(C)(O)CNCc1nnn(C)n1. The van der Waals surface area contributed by atoms with Gasteiger partial charge < -0.3 is 10.4 Å². The van der Waals surface area contributed by atoms with Gasteiger partial charge in [-0.05, 0) is 24.5 Å². The van der Waals surface area contributed by atoms with E-state index in [9.17, 15) is 5.11 Å². The number of nitrogens with zero attached hydrogens (tertiary/aromatic N) is 4. The lowest BCUT2D eigenvalue weighted by atomic mass is 9.94. The van der Waals surface area contributed by atoms with Crippen molar-refractivity contribution < 1.29 is 5.11 Å². The standard InChI is InChI=1S/C10H21N5O/c1-8(2)5-10(3,16)7-11-6-9-12-14-15(4)13-9/h8,11,16H,5-7H2,1-4H3. The van der Waals surface area contributed by atoms with Crippen molar-refractivity contribution in [1.82, 2.24) is 25.5 Å².